The number of carbonyl (C=O) groups is 1. The fourth-order valence-corrected chi connectivity index (χ4v) is 2.51. The highest BCUT2D eigenvalue weighted by molar-refractivity contribution is 5.81. The summed E-state index contributed by atoms with van der Waals surface area (Å²) >= 11 is 0. The highest BCUT2D eigenvalue weighted by atomic mass is 16.4. The van der Waals surface area contributed by atoms with Crippen molar-refractivity contribution in [2.75, 3.05) is 0 Å². The van der Waals surface area contributed by atoms with E-state index in [1.807, 2.05) is 48.7 Å². The number of hydrogen-bond donors (Lipinski definition) is 2. The van der Waals surface area contributed by atoms with Crippen molar-refractivity contribution in [2.45, 2.75) is 12.3 Å². The van der Waals surface area contributed by atoms with Crippen molar-refractivity contribution in [3.63, 3.8) is 0 Å². The summed E-state index contributed by atoms with van der Waals surface area (Å²) in [6.45, 7) is 0. The first-order chi connectivity index (χ1) is 9.75. The van der Waals surface area contributed by atoms with Crippen molar-refractivity contribution in [3.8, 4) is 0 Å². The molecule has 4 heteroatoms. The number of hydrogen-bond acceptors (Lipinski definition) is 2. The summed E-state index contributed by atoms with van der Waals surface area (Å²) in [7, 11) is 0. The number of aliphatic carboxylic acids is 1. The lowest BCUT2D eigenvalue weighted by Crippen LogP contribution is -2.07. The van der Waals surface area contributed by atoms with Gasteiger partial charge in [0.15, 0.2) is 0 Å². The van der Waals surface area contributed by atoms with Crippen LogP contribution in [0.5, 0.6) is 0 Å². The van der Waals surface area contributed by atoms with E-state index in [1.165, 1.54) is 0 Å². The molecule has 0 saturated heterocycles. The standard InChI is InChI=1S/C16H14N2O2/c19-15(20)9-12(11-5-2-1-3-6-11)13-10-18-14-7-4-8-17-16(13)14/h1-8,10,12,18H,9H2,(H,19,20). The second-order valence-electron chi connectivity index (χ2n) is 4.70. The fraction of sp³-hybridized carbons (Fsp3) is 0.125. The summed E-state index contributed by atoms with van der Waals surface area (Å²) in [5, 5.41) is 9.19. The van der Waals surface area contributed by atoms with Crippen LogP contribution in [0.15, 0.2) is 54.9 Å². The number of carboxylic acids is 1. The second kappa shape index (κ2) is 5.17. The van der Waals surface area contributed by atoms with E-state index in [4.69, 9.17) is 0 Å². The van der Waals surface area contributed by atoms with Gasteiger partial charge in [-0.1, -0.05) is 30.3 Å². The Morgan fingerprint density at radius 1 is 1.20 bits per heavy atom. The van der Waals surface area contributed by atoms with Gasteiger partial charge < -0.3 is 10.1 Å². The number of nitrogens with one attached hydrogen (secondary N) is 1. The molecule has 1 unspecified atom stereocenters. The van der Waals surface area contributed by atoms with Gasteiger partial charge in [0.05, 0.1) is 17.5 Å². The molecule has 3 aromatic rings. The summed E-state index contributed by atoms with van der Waals surface area (Å²) in [5.41, 5.74) is 3.67. The molecule has 4 nitrogen and oxygen atoms in total. The van der Waals surface area contributed by atoms with E-state index < -0.39 is 5.97 Å². The summed E-state index contributed by atoms with van der Waals surface area (Å²) in [6.07, 6.45) is 3.63. The third-order valence-electron chi connectivity index (χ3n) is 3.42. The van der Waals surface area contributed by atoms with Crippen LogP contribution < -0.4 is 0 Å². The number of rotatable bonds is 4. The number of aromatic nitrogens is 2. The molecule has 100 valence electrons. The predicted molar refractivity (Wildman–Crippen MR) is 76.6 cm³/mol. The number of fused-ring (bicyclic) bond motifs is 1. The molecule has 2 N–H and O–H groups in total. The average molecular weight is 266 g/mol. The predicted octanol–water partition coefficient (Wildman–Crippen LogP) is 3.17. The zero-order valence-electron chi connectivity index (χ0n) is 10.8. The van der Waals surface area contributed by atoms with Crippen molar-refractivity contribution in [1.29, 1.82) is 0 Å². The SMILES string of the molecule is O=C(O)CC(c1ccccc1)c1c[nH]c2cccnc12. The fourth-order valence-electron chi connectivity index (χ4n) is 2.51. The van der Waals surface area contributed by atoms with Gasteiger partial charge in [-0.25, -0.2) is 0 Å². The Bertz CT molecular complexity index is 734. The maximum absolute atomic E-state index is 11.2. The highest BCUT2D eigenvalue weighted by Gasteiger charge is 2.21. The van der Waals surface area contributed by atoms with Crippen LogP contribution in [0.25, 0.3) is 11.0 Å². The zero-order chi connectivity index (χ0) is 13.9. The normalized spacial score (nSPS) is 12.4. The lowest BCUT2D eigenvalue weighted by molar-refractivity contribution is -0.137. The summed E-state index contributed by atoms with van der Waals surface area (Å²) in [5.74, 6) is -1.01. The Hall–Kier alpha value is -2.62. The molecule has 2 aromatic heterocycles. The molecule has 0 aliphatic heterocycles. The maximum atomic E-state index is 11.2. The summed E-state index contributed by atoms with van der Waals surface area (Å²) in [6, 6.07) is 13.5. The average Bonchev–Trinajstić information content (AvgIpc) is 2.89. The zero-order valence-corrected chi connectivity index (χ0v) is 10.8. The molecule has 0 aliphatic rings. The summed E-state index contributed by atoms with van der Waals surface area (Å²) in [4.78, 5) is 18.7. The Morgan fingerprint density at radius 2 is 2.00 bits per heavy atom. The highest BCUT2D eigenvalue weighted by Crippen LogP contribution is 2.32. The first-order valence-electron chi connectivity index (χ1n) is 6.44. The van der Waals surface area contributed by atoms with E-state index in [-0.39, 0.29) is 12.3 Å². The maximum Gasteiger partial charge on any atom is 0.304 e. The van der Waals surface area contributed by atoms with Crippen LogP contribution in [0.2, 0.25) is 0 Å². The van der Waals surface area contributed by atoms with Gasteiger partial charge in [0, 0.05) is 23.9 Å². The van der Waals surface area contributed by atoms with Crippen LogP contribution in [0.4, 0.5) is 0 Å². The van der Waals surface area contributed by atoms with Crippen LogP contribution in [-0.4, -0.2) is 21.0 Å². The Balaban J connectivity index is 2.12. The van der Waals surface area contributed by atoms with Crippen LogP contribution in [0.3, 0.4) is 0 Å². The van der Waals surface area contributed by atoms with Gasteiger partial charge in [0.1, 0.15) is 0 Å². The smallest absolute Gasteiger partial charge is 0.304 e. The molecule has 0 bridgehead atoms. The number of H-pyrrole nitrogens is 1. The molecule has 0 saturated carbocycles. The van der Waals surface area contributed by atoms with Crippen molar-refractivity contribution < 1.29 is 9.90 Å². The molecular formula is C16H14N2O2. The molecule has 0 aliphatic carbocycles. The molecule has 20 heavy (non-hydrogen) atoms. The third-order valence-corrected chi connectivity index (χ3v) is 3.42. The molecule has 0 fully saturated rings. The van der Waals surface area contributed by atoms with Gasteiger partial charge in [-0.3, -0.25) is 9.78 Å². The van der Waals surface area contributed by atoms with Crippen LogP contribution in [0, 0.1) is 0 Å². The number of carboxylic acid groups (broad SMARTS) is 1. The van der Waals surface area contributed by atoms with Gasteiger partial charge in [-0.2, -0.15) is 0 Å². The molecular weight excluding hydrogens is 252 g/mol. The van der Waals surface area contributed by atoms with Gasteiger partial charge in [-0.05, 0) is 17.7 Å². The van der Waals surface area contributed by atoms with E-state index in [2.05, 4.69) is 9.97 Å². The van der Waals surface area contributed by atoms with Crippen molar-refractivity contribution in [2.24, 2.45) is 0 Å². The van der Waals surface area contributed by atoms with Gasteiger partial charge in [0.2, 0.25) is 0 Å². The minimum Gasteiger partial charge on any atom is -0.481 e. The molecule has 3 rings (SSSR count). The molecule has 0 radical (unpaired) electrons. The van der Waals surface area contributed by atoms with E-state index in [0.29, 0.717) is 0 Å². The number of nitrogens with zero attached hydrogens (tertiary/aromatic N) is 1. The number of aromatic amines is 1. The van der Waals surface area contributed by atoms with E-state index in [9.17, 15) is 9.90 Å². The molecule has 0 spiro atoms. The van der Waals surface area contributed by atoms with Gasteiger partial charge >= 0.3 is 5.97 Å². The molecule has 2 heterocycles. The lowest BCUT2D eigenvalue weighted by Gasteiger charge is -2.14. The van der Waals surface area contributed by atoms with Gasteiger partial charge in [-0.15, -0.1) is 0 Å². The summed E-state index contributed by atoms with van der Waals surface area (Å²) < 4.78 is 0. The lowest BCUT2D eigenvalue weighted by atomic mass is 9.89. The first kappa shape index (κ1) is 12.4. The molecule has 0 amide bonds. The largest absolute Gasteiger partial charge is 0.481 e. The van der Waals surface area contributed by atoms with Gasteiger partial charge in [0.25, 0.3) is 0 Å². The number of pyridine rings is 1. The van der Waals surface area contributed by atoms with Crippen molar-refractivity contribution in [3.05, 3.63) is 66.0 Å². The monoisotopic (exact) mass is 266 g/mol. The Morgan fingerprint density at radius 3 is 2.75 bits per heavy atom. The van der Waals surface area contributed by atoms with Crippen LogP contribution in [0.1, 0.15) is 23.5 Å². The number of benzene rings is 1. The minimum atomic E-state index is -0.816. The quantitative estimate of drug-likeness (QED) is 0.762. The topological polar surface area (TPSA) is 66.0 Å². The Kier molecular flexibility index (Phi) is 3.21. The molecule has 1 atom stereocenters. The van der Waals surface area contributed by atoms with Crippen molar-refractivity contribution in [1.82, 2.24) is 9.97 Å². The van der Waals surface area contributed by atoms with E-state index >= 15 is 0 Å². The van der Waals surface area contributed by atoms with E-state index in [0.717, 1.165) is 22.2 Å². The molecule has 1 aromatic carbocycles. The second-order valence-corrected chi connectivity index (χ2v) is 4.70. The Labute approximate surface area is 116 Å². The minimum absolute atomic E-state index is 0.0491. The van der Waals surface area contributed by atoms with Crippen LogP contribution >= 0.6 is 0 Å². The third kappa shape index (κ3) is 2.28. The van der Waals surface area contributed by atoms with Crippen molar-refractivity contribution >= 4 is 17.0 Å². The first-order valence-corrected chi connectivity index (χ1v) is 6.44. The van der Waals surface area contributed by atoms with E-state index in [1.54, 1.807) is 6.20 Å². The van der Waals surface area contributed by atoms with Crippen LogP contribution in [-0.2, 0) is 4.79 Å².